The number of carbonyl (C=O) groups excluding carboxylic acids is 1. The van der Waals surface area contributed by atoms with Gasteiger partial charge in [0, 0.05) is 23.5 Å². The number of aliphatic hydroxyl groups is 1. The van der Waals surface area contributed by atoms with Gasteiger partial charge in [-0.05, 0) is 12.2 Å². The number of ether oxygens (including phenoxy) is 1. The molecule has 0 unspecified atom stereocenters. The summed E-state index contributed by atoms with van der Waals surface area (Å²) in [6.07, 6.45) is 0.490. The maximum absolute atomic E-state index is 11.6. The van der Waals surface area contributed by atoms with Crippen LogP contribution in [-0.4, -0.2) is 46.9 Å². The van der Waals surface area contributed by atoms with Crippen molar-refractivity contribution < 1.29 is 14.6 Å². The molecule has 1 aromatic rings. The highest BCUT2D eigenvalue weighted by Crippen LogP contribution is 2.28. The van der Waals surface area contributed by atoms with Gasteiger partial charge < -0.3 is 19.7 Å². The molecule has 0 aliphatic carbocycles. The van der Waals surface area contributed by atoms with Crippen molar-refractivity contribution in [3.63, 3.8) is 0 Å². The number of aromatic nitrogens is 1. The van der Waals surface area contributed by atoms with Crippen LogP contribution in [0.5, 0.6) is 0 Å². The molecule has 1 saturated heterocycles. The van der Waals surface area contributed by atoms with Crippen molar-refractivity contribution in [3.8, 4) is 0 Å². The van der Waals surface area contributed by atoms with E-state index in [-0.39, 0.29) is 19.1 Å². The average Bonchev–Trinajstić information content (AvgIpc) is 2.92. The van der Waals surface area contributed by atoms with Crippen LogP contribution in [-0.2, 0) is 4.74 Å². The van der Waals surface area contributed by atoms with E-state index < -0.39 is 12.2 Å². The molecule has 1 fully saturated rings. The van der Waals surface area contributed by atoms with Crippen molar-refractivity contribution in [2.75, 3.05) is 19.7 Å². The standard InChI is InChI=1S/C11H14N2O3S2/c1-2-3-16-11(15)13-4-7(9(14)5-13)8-6-18-10(17)12-8/h2,6-7,9,14H,1,3-5H2,(H,12,17)/t7-,9+/m0/s1. The van der Waals surface area contributed by atoms with Crippen LogP contribution in [0.25, 0.3) is 0 Å². The minimum atomic E-state index is -0.596. The van der Waals surface area contributed by atoms with Gasteiger partial charge in [-0.1, -0.05) is 12.7 Å². The van der Waals surface area contributed by atoms with Gasteiger partial charge in [-0.25, -0.2) is 4.79 Å². The molecule has 7 heteroatoms. The van der Waals surface area contributed by atoms with Crippen LogP contribution < -0.4 is 0 Å². The Balaban J connectivity index is 2.02. The molecule has 0 saturated carbocycles. The Bertz CT molecular complexity index is 496. The molecule has 1 amide bonds. The number of likely N-dealkylation sites (tertiary alicyclic amines) is 1. The molecule has 2 rings (SSSR count). The highest BCUT2D eigenvalue weighted by molar-refractivity contribution is 7.73. The molecular weight excluding hydrogens is 272 g/mol. The molecule has 2 heterocycles. The van der Waals surface area contributed by atoms with E-state index in [9.17, 15) is 9.90 Å². The zero-order valence-electron chi connectivity index (χ0n) is 9.67. The number of rotatable bonds is 3. The average molecular weight is 286 g/mol. The van der Waals surface area contributed by atoms with E-state index in [1.165, 1.54) is 22.3 Å². The summed E-state index contributed by atoms with van der Waals surface area (Å²) in [5.74, 6) is -0.130. The van der Waals surface area contributed by atoms with E-state index in [1.54, 1.807) is 0 Å². The van der Waals surface area contributed by atoms with Gasteiger partial charge >= 0.3 is 6.09 Å². The molecule has 0 aromatic carbocycles. The van der Waals surface area contributed by atoms with Gasteiger partial charge in [0.15, 0.2) is 3.95 Å². The Kier molecular flexibility index (Phi) is 4.15. The Labute approximate surface area is 114 Å². The quantitative estimate of drug-likeness (QED) is 0.658. The van der Waals surface area contributed by atoms with E-state index >= 15 is 0 Å². The Morgan fingerprint density at radius 1 is 1.78 bits per heavy atom. The Hall–Kier alpha value is -1.18. The Morgan fingerprint density at radius 3 is 3.17 bits per heavy atom. The van der Waals surface area contributed by atoms with E-state index in [0.29, 0.717) is 10.5 Å². The number of H-pyrrole nitrogens is 1. The molecule has 18 heavy (non-hydrogen) atoms. The molecule has 2 N–H and O–H groups in total. The third-order valence-electron chi connectivity index (χ3n) is 2.81. The fraction of sp³-hybridized carbons (Fsp3) is 0.455. The van der Waals surface area contributed by atoms with Crippen molar-refractivity contribution in [1.29, 1.82) is 0 Å². The van der Waals surface area contributed by atoms with E-state index in [2.05, 4.69) is 11.6 Å². The molecule has 2 atom stereocenters. The van der Waals surface area contributed by atoms with Crippen LogP contribution in [0.4, 0.5) is 4.79 Å². The highest BCUT2D eigenvalue weighted by Gasteiger charge is 2.36. The van der Waals surface area contributed by atoms with Crippen molar-refractivity contribution in [3.05, 3.63) is 27.7 Å². The molecule has 0 bridgehead atoms. The number of aromatic amines is 1. The number of carbonyl (C=O) groups is 1. The first-order valence-electron chi connectivity index (χ1n) is 5.50. The molecule has 1 aliphatic rings. The van der Waals surface area contributed by atoms with Crippen LogP contribution in [0.2, 0.25) is 0 Å². The van der Waals surface area contributed by atoms with Crippen LogP contribution in [0.1, 0.15) is 11.6 Å². The molecule has 5 nitrogen and oxygen atoms in total. The van der Waals surface area contributed by atoms with Gasteiger partial charge in [0.05, 0.1) is 12.6 Å². The van der Waals surface area contributed by atoms with Crippen molar-refractivity contribution in [1.82, 2.24) is 9.88 Å². The molecule has 98 valence electrons. The van der Waals surface area contributed by atoms with Crippen molar-refractivity contribution in [2.24, 2.45) is 0 Å². The molecule has 0 spiro atoms. The second kappa shape index (κ2) is 5.64. The normalized spacial score (nSPS) is 23.1. The fourth-order valence-corrected chi connectivity index (χ4v) is 2.84. The number of hydrogen-bond acceptors (Lipinski definition) is 5. The predicted octanol–water partition coefficient (Wildman–Crippen LogP) is 1.89. The van der Waals surface area contributed by atoms with Gasteiger partial charge in [0.1, 0.15) is 6.61 Å². The first-order valence-corrected chi connectivity index (χ1v) is 6.79. The summed E-state index contributed by atoms with van der Waals surface area (Å²) < 4.78 is 5.61. The summed E-state index contributed by atoms with van der Waals surface area (Å²) in [7, 11) is 0. The van der Waals surface area contributed by atoms with Gasteiger partial charge in [0.25, 0.3) is 0 Å². The van der Waals surface area contributed by atoms with Gasteiger partial charge in [0.2, 0.25) is 0 Å². The van der Waals surface area contributed by atoms with Gasteiger partial charge in [-0.15, -0.1) is 11.3 Å². The largest absolute Gasteiger partial charge is 0.445 e. The summed E-state index contributed by atoms with van der Waals surface area (Å²) in [4.78, 5) is 16.2. The number of β-amino-alcohol motifs (C(OH)–C–C–N with tert-alkyl or cyclic N) is 1. The molecule has 0 radical (unpaired) electrons. The summed E-state index contributed by atoms with van der Waals surface area (Å²) in [6.45, 7) is 4.36. The second-order valence-electron chi connectivity index (χ2n) is 4.05. The number of nitrogens with zero attached hydrogens (tertiary/aromatic N) is 1. The zero-order chi connectivity index (χ0) is 13.1. The van der Waals surface area contributed by atoms with E-state index in [4.69, 9.17) is 17.0 Å². The first kappa shape index (κ1) is 13.3. The summed E-state index contributed by atoms with van der Waals surface area (Å²) in [5.41, 5.74) is 0.872. The maximum atomic E-state index is 11.6. The third kappa shape index (κ3) is 2.80. The summed E-state index contributed by atoms with van der Waals surface area (Å²) in [6, 6.07) is 0. The summed E-state index contributed by atoms with van der Waals surface area (Å²) >= 11 is 6.43. The minimum absolute atomic E-state index is 0.130. The first-order chi connectivity index (χ1) is 8.61. The molecule has 1 aliphatic heterocycles. The maximum Gasteiger partial charge on any atom is 0.410 e. The molecule has 1 aromatic heterocycles. The fourth-order valence-electron chi connectivity index (χ4n) is 1.94. The van der Waals surface area contributed by atoms with Gasteiger partial charge in [-0.2, -0.15) is 0 Å². The minimum Gasteiger partial charge on any atom is -0.445 e. The van der Waals surface area contributed by atoms with E-state index in [1.807, 2.05) is 5.38 Å². The monoisotopic (exact) mass is 286 g/mol. The number of nitrogens with one attached hydrogen (secondary N) is 1. The lowest BCUT2D eigenvalue weighted by Crippen LogP contribution is -2.30. The lowest BCUT2D eigenvalue weighted by atomic mass is 10.0. The number of amides is 1. The van der Waals surface area contributed by atoms with Gasteiger partial charge in [-0.3, -0.25) is 0 Å². The van der Waals surface area contributed by atoms with Crippen molar-refractivity contribution in [2.45, 2.75) is 12.0 Å². The lowest BCUT2D eigenvalue weighted by molar-refractivity contribution is 0.112. The smallest absolute Gasteiger partial charge is 0.410 e. The van der Waals surface area contributed by atoms with Crippen molar-refractivity contribution >= 4 is 29.6 Å². The van der Waals surface area contributed by atoms with Crippen LogP contribution >= 0.6 is 23.6 Å². The predicted molar refractivity (Wildman–Crippen MR) is 71.4 cm³/mol. The Morgan fingerprint density at radius 2 is 2.56 bits per heavy atom. The number of hydrogen-bond donors (Lipinski definition) is 2. The molecular formula is C11H14N2O3S2. The SMILES string of the molecule is C=CCOC(=O)N1C[C@@H](O)[C@H](c2csc(=S)[nH]2)C1. The van der Waals surface area contributed by atoms with Crippen LogP contribution in [0, 0.1) is 3.95 Å². The lowest BCUT2D eigenvalue weighted by Gasteiger charge is -2.14. The van der Waals surface area contributed by atoms with Crippen LogP contribution in [0.3, 0.4) is 0 Å². The summed E-state index contributed by atoms with van der Waals surface area (Å²) in [5, 5.41) is 11.9. The van der Waals surface area contributed by atoms with Crippen LogP contribution in [0.15, 0.2) is 18.0 Å². The zero-order valence-corrected chi connectivity index (χ0v) is 11.3. The third-order valence-corrected chi connectivity index (χ3v) is 3.89. The number of aliphatic hydroxyl groups excluding tert-OH is 1. The van der Waals surface area contributed by atoms with E-state index in [0.717, 1.165) is 5.69 Å². The number of thiazole rings is 1. The second-order valence-corrected chi connectivity index (χ2v) is 5.59. The topological polar surface area (TPSA) is 65.6 Å². The highest BCUT2D eigenvalue weighted by atomic mass is 32.1.